The van der Waals surface area contributed by atoms with Crippen LogP contribution in [0.5, 0.6) is 0 Å². The molecule has 0 radical (unpaired) electrons. The van der Waals surface area contributed by atoms with Crippen molar-refractivity contribution in [2.45, 2.75) is 69.7 Å². The van der Waals surface area contributed by atoms with Crippen LogP contribution in [-0.4, -0.2) is 32.3 Å². The smallest absolute Gasteiger partial charge is 0.338 e. The van der Waals surface area contributed by atoms with E-state index >= 15 is 0 Å². The van der Waals surface area contributed by atoms with Gasteiger partial charge in [-0.05, 0) is 101 Å². The summed E-state index contributed by atoms with van der Waals surface area (Å²) in [5.74, 6) is 1.44. The van der Waals surface area contributed by atoms with Gasteiger partial charge in [-0.15, -0.1) is 0 Å². The summed E-state index contributed by atoms with van der Waals surface area (Å²) in [5.41, 5.74) is -0.650. The molecular weight excluding hydrogens is 402 g/mol. The molecule has 0 amide bonds. The van der Waals surface area contributed by atoms with Crippen LogP contribution in [0, 0.1) is 23.2 Å². The van der Waals surface area contributed by atoms with E-state index in [0.29, 0.717) is 17.8 Å². The van der Waals surface area contributed by atoms with Crippen LogP contribution in [0.2, 0.25) is 0 Å². The fourth-order valence-corrected chi connectivity index (χ4v) is 7.47. The third kappa shape index (κ3) is 4.33. The number of carbonyl (C=O) groups is 2. The van der Waals surface area contributed by atoms with E-state index in [9.17, 15) is 18.0 Å². The van der Waals surface area contributed by atoms with Crippen molar-refractivity contribution in [2.24, 2.45) is 23.2 Å². The van der Waals surface area contributed by atoms with E-state index < -0.39 is 21.5 Å². The lowest BCUT2D eigenvalue weighted by molar-refractivity contribution is -0.147. The van der Waals surface area contributed by atoms with Gasteiger partial charge in [0.05, 0.1) is 10.5 Å². The molecule has 30 heavy (non-hydrogen) atoms. The lowest BCUT2D eigenvalue weighted by Gasteiger charge is -2.55. The summed E-state index contributed by atoms with van der Waals surface area (Å²) in [5, 5.41) is 0. The molecular formula is C23H31NO5S. The van der Waals surface area contributed by atoms with Crippen molar-refractivity contribution in [3.05, 3.63) is 29.8 Å². The summed E-state index contributed by atoms with van der Waals surface area (Å²) >= 11 is 0. The number of hydrogen-bond donors (Lipinski definition) is 1. The number of ketones is 1. The Morgan fingerprint density at radius 1 is 1.00 bits per heavy atom. The van der Waals surface area contributed by atoms with Crippen LogP contribution in [0.1, 0.15) is 69.7 Å². The summed E-state index contributed by atoms with van der Waals surface area (Å²) in [6.07, 6.45) is 6.61. The van der Waals surface area contributed by atoms with Crippen LogP contribution in [0.4, 0.5) is 0 Å². The average molecular weight is 434 g/mol. The molecule has 0 heterocycles. The van der Waals surface area contributed by atoms with Crippen LogP contribution in [0.25, 0.3) is 0 Å². The van der Waals surface area contributed by atoms with Crippen molar-refractivity contribution in [3.8, 4) is 0 Å². The molecule has 0 unspecified atom stereocenters. The molecule has 4 saturated carbocycles. The first-order valence-corrected chi connectivity index (χ1v) is 12.3. The normalized spacial score (nSPS) is 30.3. The first kappa shape index (κ1) is 21.5. The van der Waals surface area contributed by atoms with Gasteiger partial charge >= 0.3 is 5.97 Å². The van der Waals surface area contributed by atoms with E-state index in [4.69, 9.17) is 4.74 Å². The molecule has 164 valence electrons. The molecule has 4 aliphatic rings. The first-order valence-electron chi connectivity index (χ1n) is 10.8. The zero-order valence-electron chi connectivity index (χ0n) is 17.9. The van der Waals surface area contributed by atoms with E-state index in [-0.39, 0.29) is 28.3 Å². The van der Waals surface area contributed by atoms with Gasteiger partial charge in [0, 0.05) is 11.0 Å². The zero-order valence-corrected chi connectivity index (χ0v) is 18.8. The van der Waals surface area contributed by atoms with Crippen LogP contribution < -0.4 is 4.72 Å². The van der Waals surface area contributed by atoms with Crippen molar-refractivity contribution in [3.63, 3.8) is 0 Å². The number of hydrogen-bond acceptors (Lipinski definition) is 5. The lowest BCUT2D eigenvalue weighted by atomic mass is 9.48. The molecule has 4 bridgehead atoms. The minimum Gasteiger partial charge on any atom is -0.454 e. The number of ether oxygens (including phenoxy) is 1. The van der Waals surface area contributed by atoms with Gasteiger partial charge in [0.25, 0.3) is 0 Å². The number of benzene rings is 1. The number of carbonyl (C=O) groups excluding carboxylic acids is 2. The maximum Gasteiger partial charge on any atom is 0.338 e. The van der Waals surface area contributed by atoms with E-state index in [1.165, 1.54) is 43.5 Å². The molecule has 1 aromatic rings. The van der Waals surface area contributed by atoms with Crippen molar-refractivity contribution in [2.75, 3.05) is 6.61 Å². The third-order valence-corrected chi connectivity index (χ3v) is 8.58. The van der Waals surface area contributed by atoms with Gasteiger partial charge in [-0.25, -0.2) is 17.9 Å². The van der Waals surface area contributed by atoms with Gasteiger partial charge < -0.3 is 4.74 Å². The lowest BCUT2D eigenvalue weighted by Crippen LogP contribution is -2.51. The minimum atomic E-state index is -3.67. The minimum absolute atomic E-state index is 0.0588. The Kier molecular flexibility index (Phi) is 5.34. The molecule has 0 aromatic heterocycles. The summed E-state index contributed by atoms with van der Waals surface area (Å²) < 4.78 is 32.7. The Labute approximate surface area is 178 Å². The Hall–Kier alpha value is -1.73. The van der Waals surface area contributed by atoms with E-state index in [1.54, 1.807) is 20.8 Å². The maximum atomic E-state index is 13.0. The topological polar surface area (TPSA) is 89.5 Å². The standard InChI is InChI=1S/C23H31NO5S/c1-22(2,3)24-30(27,28)19-6-4-18(5-7-19)21(26)29-14-20(25)23-11-15-8-16(12-23)10-17(9-15)13-23/h4-7,15-17,24H,8-14H2,1-3H3. The fourth-order valence-electron chi connectivity index (χ4n) is 6.05. The molecule has 0 saturated heterocycles. The van der Waals surface area contributed by atoms with E-state index in [2.05, 4.69) is 4.72 Å². The molecule has 5 rings (SSSR count). The monoisotopic (exact) mass is 433 g/mol. The Morgan fingerprint density at radius 3 is 1.97 bits per heavy atom. The molecule has 1 N–H and O–H groups in total. The van der Waals surface area contributed by atoms with E-state index in [0.717, 1.165) is 19.3 Å². The Bertz CT molecular complexity index is 908. The van der Waals surface area contributed by atoms with Crippen molar-refractivity contribution >= 4 is 21.8 Å². The number of rotatable bonds is 6. The van der Waals surface area contributed by atoms with Crippen LogP contribution in [-0.2, 0) is 19.6 Å². The number of esters is 1. The van der Waals surface area contributed by atoms with E-state index in [1.807, 2.05) is 0 Å². The van der Waals surface area contributed by atoms with Gasteiger partial charge in [0.1, 0.15) is 0 Å². The highest BCUT2D eigenvalue weighted by Crippen LogP contribution is 2.60. The summed E-state index contributed by atoms with van der Waals surface area (Å²) in [4.78, 5) is 25.5. The van der Waals surface area contributed by atoms with Gasteiger partial charge in [0.15, 0.2) is 12.4 Å². The SMILES string of the molecule is CC(C)(C)NS(=O)(=O)c1ccc(C(=O)OCC(=O)C23CC4CC(CC(C4)C2)C3)cc1. The molecule has 6 nitrogen and oxygen atoms in total. The van der Waals surface area contributed by atoms with Crippen molar-refractivity contribution < 1.29 is 22.7 Å². The Morgan fingerprint density at radius 2 is 1.50 bits per heavy atom. The maximum absolute atomic E-state index is 13.0. The first-order chi connectivity index (χ1) is 14.0. The van der Waals surface area contributed by atoms with Gasteiger partial charge in [-0.2, -0.15) is 0 Å². The van der Waals surface area contributed by atoms with Gasteiger partial charge in [0.2, 0.25) is 10.0 Å². The molecule has 7 heteroatoms. The molecule has 4 aliphatic carbocycles. The predicted molar refractivity (Wildman–Crippen MR) is 112 cm³/mol. The molecule has 0 aliphatic heterocycles. The number of sulfonamides is 1. The Balaban J connectivity index is 1.37. The van der Waals surface area contributed by atoms with Crippen molar-refractivity contribution in [1.82, 2.24) is 4.72 Å². The van der Waals surface area contributed by atoms with Crippen LogP contribution in [0.15, 0.2) is 29.2 Å². The van der Waals surface area contributed by atoms with Gasteiger partial charge in [-0.1, -0.05) is 0 Å². The summed E-state index contributed by atoms with van der Waals surface area (Å²) in [7, 11) is -3.67. The van der Waals surface area contributed by atoms with Gasteiger partial charge in [-0.3, -0.25) is 4.79 Å². The summed E-state index contributed by atoms with van der Waals surface area (Å²) in [6.45, 7) is 5.09. The number of nitrogens with one attached hydrogen (secondary N) is 1. The highest BCUT2D eigenvalue weighted by molar-refractivity contribution is 7.89. The highest BCUT2D eigenvalue weighted by Gasteiger charge is 2.54. The van der Waals surface area contributed by atoms with Crippen molar-refractivity contribution in [1.29, 1.82) is 0 Å². The number of Topliss-reactive ketones (excluding diaryl/α,β-unsaturated/α-hetero) is 1. The van der Waals surface area contributed by atoms with Crippen LogP contribution >= 0.6 is 0 Å². The fraction of sp³-hybridized carbons (Fsp3) is 0.652. The third-order valence-electron chi connectivity index (χ3n) is 6.80. The second-order valence-electron chi connectivity index (χ2n) is 10.6. The average Bonchev–Trinajstić information content (AvgIpc) is 2.63. The molecule has 1 aromatic carbocycles. The molecule has 4 fully saturated rings. The largest absolute Gasteiger partial charge is 0.454 e. The second-order valence-corrected chi connectivity index (χ2v) is 12.3. The van der Waals surface area contributed by atoms with Crippen LogP contribution in [0.3, 0.4) is 0 Å². The predicted octanol–water partition coefficient (Wildman–Crippen LogP) is 3.71. The highest BCUT2D eigenvalue weighted by atomic mass is 32.2. The second kappa shape index (κ2) is 7.45. The molecule has 0 spiro atoms. The summed E-state index contributed by atoms with van der Waals surface area (Å²) in [6, 6.07) is 5.61. The molecule has 0 atom stereocenters. The zero-order chi connectivity index (χ0) is 21.7. The quantitative estimate of drug-likeness (QED) is 0.691.